The summed E-state index contributed by atoms with van der Waals surface area (Å²) in [4.78, 5) is 14.5. The predicted octanol–water partition coefficient (Wildman–Crippen LogP) is 1.77. The van der Waals surface area contributed by atoms with Crippen LogP contribution in [0.15, 0.2) is 30.6 Å². The molecule has 1 aromatic carbocycles. The highest BCUT2D eigenvalue weighted by Crippen LogP contribution is 2.19. The van der Waals surface area contributed by atoms with Gasteiger partial charge in [0.15, 0.2) is 6.10 Å². The Hall–Kier alpha value is -2.08. The molecule has 1 atom stereocenters. The Balaban J connectivity index is 2.21. The minimum atomic E-state index is -1.08. The smallest absolute Gasteiger partial charge is 0.344 e. The van der Waals surface area contributed by atoms with E-state index in [-0.39, 0.29) is 6.01 Å². The summed E-state index contributed by atoms with van der Waals surface area (Å²) in [7, 11) is 0. The number of aromatic nitrogens is 3. The molecule has 0 aliphatic rings. The van der Waals surface area contributed by atoms with E-state index in [1.807, 2.05) is 6.07 Å². The van der Waals surface area contributed by atoms with Crippen LogP contribution in [0.2, 0.25) is 5.02 Å². The standard InChI is InChI=1S/C11H10ClN3O3/c1-7(10(16)17)18-11-13-6-15(14-11)9-5-3-2-4-8(9)12/h2-7H,1H3,(H,16,17). The highest BCUT2D eigenvalue weighted by Gasteiger charge is 2.15. The van der Waals surface area contributed by atoms with Crippen LogP contribution in [0.3, 0.4) is 0 Å². The van der Waals surface area contributed by atoms with Crippen molar-refractivity contribution in [2.24, 2.45) is 0 Å². The van der Waals surface area contributed by atoms with Crippen molar-refractivity contribution in [3.63, 3.8) is 0 Å². The molecule has 0 amide bonds. The van der Waals surface area contributed by atoms with Gasteiger partial charge in [0, 0.05) is 0 Å². The van der Waals surface area contributed by atoms with Crippen molar-refractivity contribution in [1.29, 1.82) is 0 Å². The molecule has 94 valence electrons. The number of benzene rings is 1. The zero-order valence-corrected chi connectivity index (χ0v) is 10.2. The molecular weight excluding hydrogens is 258 g/mol. The Morgan fingerprint density at radius 2 is 2.22 bits per heavy atom. The number of carboxylic acid groups (broad SMARTS) is 1. The monoisotopic (exact) mass is 267 g/mol. The molecule has 7 heteroatoms. The quantitative estimate of drug-likeness (QED) is 0.913. The van der Waals surface area contributed by atoms with Crippen LogP contribution in [0.25, 0.3) is 5.69 Å². The van der Waals surface area contributed by atoms with Crippen molar-refractivity contribution in [2.75, 3.05) is 0 Å². The van der Waals surface area contributed by atoms with Crippen LogP contribution >= 0.6 is 11.6 Å². The minimum Gasteiger partial charge on any atom is -0.479 e. The topological polar surface area (TPSA) is 77.2 Å². The van der Waals surface area contributed by atoms with E-state index in [2.05, 4.69) is 10.1 Å². The summed E-state index contributed by atoms with van der Waals surface area (Å²) in [6, 6.07) is 7.08. The fraction of sp³-hybridized carbons (Fsp3) is 0.182. The van der Waals surface area contributed by atoms with Crippen LogP contribution in [0, 0.1) is 0 Å². The van der Waals surface area contributed by atoms with Crippen molar-refractivity contribution < 1.29 is 14.6 Å². The summed E-state index contributed by atoms with van der Waals surface area (Å²) in [6.07, 6.45) is 0.401. The van der Waals surface area contributed by atoms with Gasteiger partial charge in [0.2, 0.25) is 0 Å². The maximum absolute atomic E-state index is 10.6. The first-order chi connectivity index (χ1) is 8.58. The third kappa shape index (κ3) is 2.60. The molecule has 0 aliphatic carbocycles. The molecule has 1 unspecified atom stereocenters. The van der Waals surface area contributed by atoms with Gasteiger partial charge in [-0.05, 0) is 19.1 Å². The number of carbonyl (C=O) groups is 1. The SMILES string of the molecule is CC(Oc1ncn(-c2ccccc2Cl)n1)C(=O)O. The molecule has 6 nitrogen and oxygen atoms in total. The second-order valence-electron chi connectivity index (χ2n) is 3.52. The molecule has 1 aromatic heterocycles. The maximum Gasteiger partial charge on any atom is 0.344 e. The largest absolute Gasteiger partial charge is 0.479 e. The maximum atomic E-state index is 10.6. The van der Waals surface area contributed by atoms with Crippen molar-refractivity contribution in [2.45, 2.75) is 13.0 Å². The number of aliphatic carboxylic acids is 1. The number of ether oxygens (including phenoxy) is 1. The lowest BCUT2D eigenvalue weighted by molar-refractivity contribution is -0.144. The summed E-state index contributed by atoms with van der Waals surface area (Å²) >= 11 is 6.00. The van der Waals surface area contributed by atoms with Crippen LogP contribution in [-0.2, 0) is 4.79 Å². The summed E-state index contributed by atoms with van der Waals surface area (Å²) < 4.78 is 6.45. The zero-order valence-electron chi connectivity index (χ0n) is 9.45. The Morgan fingerprint density at radius 1 is 1.50 bits per heavy atom. The van der Waals surface area contributed by atoms with Crippen molar-refractivity contribution in [1.82, 2.24) is 14.8 Å². The van der Waals surface area contributed by atoms with Gasteiger partial charge in [-0.1, -0.05) is 23.7 Å². The number of hydrogen-bond donors (Lipinski definition) is 1. The number of halogens is 1. The fourth-order valence-corrected chi connectivity index (χ4v) is 1.49. The van der Waals surface area contributed by atoms with Crippen molar-refractivity contribution in [3.05, 3.63) is 35.6 Å². The van der Waals surface area contributed by atoms with Gasteiger partial charge in [-0.3, -0.25) is 0 Å². The number of carboxylic acids is 1. The van der Waals surface area contributed by atoms with Crippen LogP contribution in [0.4, 0.5) is 0 Å². The second kappa shape index (κ2) is 5.05. The summed E-state index contributed by atoms with van der Waals surface area (Å²) in [5.41, 5.74) is 0.643. The van der Waals surface area contributed by atoms with E-state index >= 15 is 0 Å². The molecule has 0 spiro atoms. The van der Waals surface area contributed by atoms with Gasteiger partial charge in [0.1, 0.15) is 6.33 Å². The Morgan fingerprint density at radius 3 is 2.89 bits per heavy atom. The summed E-state index contributed by atoms with van der Waals surface area (Å²) in [5.74, 6) is -1.08. The van der Waals surface area contributed by atoms with E-state index in [9.17, 15) is 4.79 Å². The van der Waals surface area contributed by atoms with Crippen LogP contribution < -0.4 is 4.74 Å². The second-order valence-corrected chi connectivity index (χ2v) is 3.93. The summed E-state index contributed by atoms with van der Waals surface area (Å²) in [6.45, 7) is 1.40. The van der Waals surface area contributed by atoms with Gasteiger partial charge in [-0.25, -0.2) is 9.48 Å². The number of nitrogens with zero attached hydrogens (tertiary/aromatic N) is 3. The highest BCUT2D eigenvalue weighted by molar-refractivity contribution is 6.32. The zero-order chi connectivity index (χ0) is 13.1. The Labute approximate surface area is 108 Å². The molecule has 18 heavy (non-hydrogen) atoms. The van der Waals surface area contributed by atoms with Crippen LogP contribution in [0.5, 0.6) is 6.01 Å². The van der Waals surface area contributed by atoms with Crippen LogP contribution in [0.1, 0.15) is 6.92 Å². The normalized spacial score (nSPS) is 12.1. The lowest BCUT2D eigenvalue weighted by Crippen LogP contribution is -2.23. The molecule has 0 radical (unpaired) electrons. The third-order valence-corrected chi connectivity index (χ3v) is 2.52. The van der Waals surface area contributed by atoms with Gasteiger partial charge >= 0.3 is 12.0 Å². The van der Waals surface area contributed by atoms with Crippen molar-refractivity contribution >= 4 is 17.6 Å². The fourth-order valence-electron chi connectivity index (χ4n) is 1.26. The van der Waals surface area contributed by atoms with Gasteiger partial charge in [-0.2, -0.15) is 4.98 Å². The number of para-hydroxylation sites is 1. The Kier molecular flexibility index (Phi) is 3.47. The summed E-state index contributed by atoms with van der Waals surface area (Å²) in [5, 5.41) is 13.2. The van der Waals surface area contributed by atoms with E-state index in [0.717, 1.165) is 0 Å². The average molecular weight is 268 g/mol. The molecule has 2 rings (SSSR count). The van der Waals surface area contributed by atoms with E-state index in [0.29, 0.717) is 10.7 Å². The molecule has 1 heterocycles. The molecular formula is C11H10ClN3O3. The first-order valence-electron chi connectivity index (χ1n) is 5.14. The predicted molar refractivity (Wildman–Crippen MR) is 64.1 cm³/mol. The number of hydrogen-bond acceptors (Lipinski definition) is 4. The lowest BCUT2D eigenvalue weighted by atomic mass is 10.3. The molecule has 0 fully saturated rings. The van der Waals surface area contributed by atoms with Gasteiger partial charge in [-0.15, -0.1) is 5.10 Å². The van der Waals surface area contributed by atoms with Crippen LogP contribution in [-0.4, -0.2) is 31.9 Å². The molecule has 2 aromatic rings. The molecule has 1 N–H and O–H groups in total. The lowest BCUT2D eigenvalue weighted by Gasteiger charge is -2.05. The van der Waals surface area contributed by atoms with E-state index < -0.39 is 12.1 Å². The molecule has 0 saturated carbocycles. The number of rotatable bonds is 4. The van der Waals surface area contributed by atoms with E-state index in [4.69, 9.17) is 21.4 Å². The molecule has 0 bridgehead atoms. The average Bonchev–Trinajstić information content (AvgIpc) is 2.77. The third-order valence-electron chi connectivity index (χ3n) is 2.20. The molecule has 0 aliphatic heterocycles. The highest BCUT2D eigenvalue weighted by atomic mass is 35.5. The minimum absolute atomic E-state index is 0.00943. The van der Waals surface area contributed by atoms with Crippen molar-refractivity contribution in [3.8, 4) is 11.7 Å². The van der Waals surface area contributed by atoms with Gasteiger partial charge in [0.05, 0.1) is 10.7 Å². The van der Waals surface area contributed by atoms with Gasteiger partial charge in [0.25, 0.3) is 0 Å². The Bertz CT molecular complexity index is 570. The van der Waals surface area contributed by atoms with Gasteiger partial charge < -0.3 is 9.84 Å². The first-order valence-corrected chi connectivity index (χ1v) is 5.52. The first kappa shape index (κ1) is 12.4. The van der Waals surface area contributed by atoms with E-state index in [1.165, 1.54) is 17.9 Å². The molecule has 0 saturated heterocycles. The van der Waals surface area contributed by atoms with E-state index in [1.54, 1.807) is 18.2 Å².